The molecule has 0 spiro atoms. The molecule has 3 rings (SSSR count). The molecule has 2 saturated heterocycles. The molecule has 2 aliphatic rings. The number of likely N-dealkylation sites (tertiary alicyclic amines) is 1. The fourth-order valence-corrected chi connectivity index (χ4v) is 3.29. The summed E-state index contributed by atoms with van der Waals surface area (Å²) in [5.74, 6) is -2.89. The number of nitrogens with one attached hydrogen (secondary N) is 2. The predicted octanol–water partition coefficient (Wildman–Crippen LogP) is 2.39. The van der Waals surface area contributed by atoms with Gasteiger partial charge in [0.25, 0.3) is 0 Å². The maximum absolute atomic E-state index is 11.8. The van der Waals surface area contributed by atoms with E-state index in [1.807, 2.05) is 24.3 Å². The lowest BCUT2D eigenvalue weighted by Crippen LogP contribution is -2.47. The van der Waals surface area contributed by atoms with Crippen LogP contribution in [0, 0.1) is 0 Å². The summed E-state index contributed by atoms with van der Waals surface area (Å²) < 4.78 is 31.7. The molecule has 2 fully saturated rings. The SMILES string of the molecule is O=C(O)C(F)(F)F.O=C1CCC(Nc2ccc(C3CCN(C(=O)O)CC3)cc2)C(=O)N1. The van der Waals surface area contributed by atoms with Crippen LogP contribution in [0.1, 0.15) is 37.2 Å². The van der Waals surface area contributed by atoms with Gasteiger partial charge in [0, 0.05) is 25.2 Å². The van der Waals surface area contributed by atoms with Gasteiger partial charge in [-0.1, -0.05) is 12.1 Å². The minimum absolute atomic E-state index is 0.221. The van der Waals surface area contributed by atoms with Crippen LogP contribution in [0.15, 0.2) is 24.3 Å². The molecule has 1 aromatic carbocycles. The van der Waals surface area contributed by atoms with E-state index in [0.717, 1.165) is 18.5 Å². The number of carbonyl (C=O) groups excluding carboxylic acids is 2. The van der Waals surface area contributed by atoms with Crippen molar-refractivity contribution in [1.29, 1.82) is 0 Å². The minimum atomic E-state index is -5.08. The first-order valence-corrected chi connectivity index (χ1v) is 9.45. The molecule has 0 aliphatic carbocycles. The first kappa shape index (κ1) is 24.0. The van der Waals surface area contributed by atoms with Gasteiger partial charge in [-0.15, -0.1) is 0 Å². The number of nitrogens with zero attached hydrogens (tertiary/aromatic N) is 1. The summed E-state index contributed by atoms with van der Waals surface area (Å²) in [7, 11) is 0. The van der Waals surface area contributed by atoms with Crippen molar-refractivity contribution in [2.24, 2.45) is 0 Å². The number of anilines is 1. The van der Waals surface area contributed by atoms with Crippen LogP contribution in [0.5, 0.6) is 0 Å². The van der Waals surface area contributed by atoms with Crippen LogP contribution in [-0.2, 0) is 14.4 Å². The van der Waals surface area contributed by atoms with Crippen LogP contribution in [0.25, 0.3) is 0 Å². The van der Waals surface area contributed by atoms with Crippen LogP contribution in [0.3, 0.4) is 0 Å². The first-order chi connectivity index (χ1) is 14.5. The second-order valence-electron chi connectivity index (χ2n) is 7.12. The number of carbonyl (C=O) groups is 4. The topological polar surface area (TPSA) is 136 Å². The summed E-state index contributed by atoms with van der Waals surface area (Å²) in [5.41, 5.74) is 2.03. The summed E-state index contributed by atoms with van der Waals surface area (Å²) in [6, 6.07) is 7.53. The number of piperidine rings is 2. The zero-order chi connectivity index (χ0) is 23.2. The van der Waals surface area contributed by atoms with E-state index >= 15 is 0 Å². The molecular weight excluding hydrogens is 423 g/mol. The Morgan fingerprint density at radius 2 is 1.58 bits per heavy atom. The number of hydrogen-bond acceptors (Lipinski definition) is 5. The number of rotatable bonds is 3. The molecule has 170 valence electrons. The smallest absolute Gasteiger partial charge is 0.475 e. The highest BCUT2D eigenvalue weighted by Crippen LogP contribution is 2.29. The van der Waals surface area contributed by atoms with Crippen LogP contribution in [0.4, 0.5) is 23.7 Å². The van der Waals surface area contributed by atoms with Gasteiger partial charge in [0.2, 0.25) is 11.8 Å². The highest BCUT2D eigenvalue weighted by molar-refractivity contribution is 6.01. The maximum atomic E-state index is 11.8. The number of benzene rings is 1. The van der Waals surface area contributed by atoms with Gasteiger partial charge in [0.15, 0.2) is 0 Å². The average Bonchev–Trinajstić information content (AvgIpc) is 2.70. The molecule has 2 heterocycles. The monoisotopic (exact) mass is 445 g/mol. The molecule has 1 unspecified atom stereocenters. The van der Waals surface area contributed by atoms with E-state index in [2.05, 4.69) is 10.6 Å². The second kappa shape index (κ2) is 10.1. The van der Waals surface area contributed by atoms with Gasteiger partial charge in [0.1, 0.15) is 6.04 Å². The highest BCUT2D eigenvalue weighted by atomic mass is 19.4. The van der Waals surface area contributed by atoms with E-state index in [-0.39, 0.29) is 17.9 Å². The third-order valence-corrected chi connectivity index (χ3v) is 4.97. The summed E-state index contributed by atoms with van der Waals surface area (Å²) >= 11 is 0. The Kier molecular flexibility index (Phi) is 7.83. The van der Waals surface area contributed by atoms with Crippen LogP contribution in [-0.4, -0.2) is 64.3 Å². The maximum Gasteiger partial charge on any atom is 0.490 e. The molecule has 0 bridgehead atoms. The zero-order valence-corrected chi connectivity index (χ0v) is 16.3. The quantitative estimate of drug-likeness (QED) is 0.525. The van der Waals surface area contributed by atoms with E-state index < -0.39 is 18.2 Å². The number of carboxylic acid groups (broad SMARTS) is 2. The van der Waals surface area contributed by atoms with E-state index in [9.17, 15) is 27.6 Å². The summed E-state index contributed by atoms with van der Waals surface area (Å²) in [4.78, 5) is 44.2. The molecule has 0 radical (unpaired) electrons. The van der Waals surface area contributed by atoms with Crippen molar-refractivity contribution in [2.75, 3.05) is 18.4 Å². The van der Waals surface area contributed by atoms with E-state index in [1.54, 1.807) is 0 Å². The van der Waals surface area contributed by atoms with Gasteiger partial charge in [-0.25, -0.2) is 9.59 Å². The molecule has 31 heavy (non-hydrogen) atoms. The van der Waals surface area contributed by atoms with Crippen LogP contribution >= 0.6 is 0 Å². The Balaban J connectivity index is 0.000000423. The van der Waals surface area contributed by atoms with Crippen molar-refractivity contribution in [1.82, 2.24) is 10.2 Å². The third-order valence-electron chi connectivity index (χ3n) is 4.97. The number of alkyl halides is 3. The molecule has 9 nitrogen and oxygen atoms in total. The van der Waals surface area contributed by atoms with Gasteiger partial charge < -0.3 is 20.4 Å². The van der Waals surface area contributed by atoms with E-state index in [0.29, 0.717) is 31.8 Å². The van der Waals surface area contributed by atoms with E-state index in [1.165, 1.54) is 10.5 Å². The summed E-state index contributed by atoms with van der Waals surface area (Å²) in [6.45, 7) is 1.13. The largest absolute Gasteiger partial charge is 0.490 e. The highest BCUT2D eigenvalue weighted by Gasteiger charge is 2.38. The van der Waals surface area contributed by atoms with Gasteiger partial charge in [0.05, 0.1) is 0 Å². The Hall–Kier alpha value is -3.31. The lowest BCUT2D eigenvalue weighted by molar-refractivity contribution is -0.192. The van der Waals surface area contributed by atoms with Crippen molar-refractivity contribution in [2.45, 2.75) is 43.8 Å². The van der Waals surface area contributed by atoms with Crippen molar-refractivity contribution in [3.63, 3.8) is 0 Å². The number of halogens is 3. The van der Waals surface area contributed by atoms with Crippen molar-refractivity contribution in [3.05, 3.63) is 29.8 Å². The standard InChI is InChI=1S/C17H21N3O4.C2HF3O2/c21-15-6-5-14(16(22)19-15)18-13-3-1-11(2-4-13)12-7-9-20(10-8-12)17(23)24;3-2(4,5)1(6)7/h1-4,12,14,18H,5-10H2,(H,23,24)(H,19,21,22);(H,6,7). The van der Waals surface area contributed by atoms with Crippen molar-refractivity contribution < 1.29 is 42.6 Å². The first-order valence-electron chi connectivity index (χ1n) is 9.45. The average molecular weight is 445 g/mol. The second-order valence-corrected chi connectivity index (χ2v) is 7.12. The third kappa shape index (κ3) is 7.15. The molecule has 2 aliphatic heterocycles. The zero-order valence-electron chi connectivity index (χ0n) is 16.3. The Morgan fingerprint density at radius 3 is 2.03 bits per heavy atom. The van der Waals surface area contributed by atoms with Crippen LogP contribution in [0.2, 0.25) is 0 Å². The van der Waals surface area contributed by atoms with Crippen molar-refractivity contribution in [3.8, 4) is 0 Å². The van der Waals surface area contributed by atoms with Crippen molar-refractivity contribution >= 4 is 29.6 Å². The van der Waals surface area contributed by atoms with Gasteiger partial charge in [-0.2, -0.15) is 13.2 Å². The molecule has 1 aromatic rings. The summed E-state index contributed by atoms with van der Waals surface area (Å²) in [5, 5.41) is 21.6. The Morgan fingerprint density at radius 1 is 1.03 bits per heavy atom. The fraction of sp³-hybridized carbons (Fsp3) is 0.474. The number of carboxylic acids is 1. The summed E-state index contributed by atoms with van der Waals surface area (Å²) in [6.07, 6.45) is -3.43. The Bertz CT molecular complexity index is 820. The molecule has 4 N–H and O–H groups in total. The molecule has 3 amide bonds. The molecule has 1 atom stereocenters. The molecular formula is C19H22F3N3O6. The van der Waals surface area contributed by atoms with Gasteiger partial charge in [-0.3, -0.25) is 14.9 Å². The lowest BCUT2D eigenvalue weighted by atomic mass is 9.89. The van der Waals surface area contributed by atoms with Crippen LogP contribution < -0.4 is 10.6 Å². The number of imide groups is 1. The normalized spacial score (nSPS) is 19.7. The number of hydrogen-bond donors (Lipinski definition) is 4. The minimum Gasteiger partial charge on any atom is -0.475 e. The predicted molar refractivity (Wildman–Crippen MR) is 102 cm³/mol. The lowest BCUT2D eigenvalue weighted by Gasteiger charge is -2.30. The number of amides is 3. The van der Waals surface area contributed by atoms with Gasteiger partial charge in [-0.05, 0) is 42.9 Å². The van der Waals surface area contributed by atoms with Gasteiger partial charge >= 0.3 is 18.2 Å². The Labute approximate surface area is 175 Å². The van der Waals surface area contributed by atoms with E-state index in [4.69, 9.17) is 15.0 Å². The molecule has 0 saturated carbocycles. The molecule has 12 heteroatoms. The number of aliphatic carboxylic acids is 1. The molecule has 0 aromatic heterocycles. The fourth-order valence-electron chi connectivity index (χ4n) is 3.29.